The molecular weight excluding hydrogens is 497 g/mol. The molecular formula is C26H24N4O2S3. The number of carbonyl (C=O) groups is 1. The topological polar surface area (TPSA) is 76.5 Å². The Morgan fingerprint density at radius 2 is 1.74 bits per heavy atom. The van der Waals surface area contributed by atoms with E-state index in [2.05, 4.69) is 51.9 Å². The molecule has 0 bridgehead atoms. The Labute approximate surface area is 217 Å². The number of hydrogen-bond acceptors (Lipinski definition) is 8. The predicted octanol–water partition coefficient (Wildman–Crippen LogP) is 5.96. The van der Waals surface area contributed by atoms with Gasteiger partial charge in [0.1, 0.15) is 12.4 Å². The van der Waals surface area contributed by atoms with Crippen molar-refractivity contribution in [3.8, 4) is 5.75 Å². The Morgan fingerprint density at radius 3 is 2.54 bits per heavy atom. The van der Waals surface area contributed by atoms with E-state index >= 15 is 0 Å². The maximum absolute atomic E-state index is 12.2. The molecule has 1 heterocycles. The van der Waals surface area contributed by atoms with Crippen molar-refractivity contribution in [2.24, 2.45) is 5.10 Å². The normalized spacial score (nSPS) is 11.0. The second-order valence-corrected chi connectivity index (χ2v) is 11.0. The predicted molar refractivity (Wildman–Crippen MR) is 144 cm³/mol. The van der Waals surface area contributed by atoms with Crippen LogP contribution in [0, 0.1) is 6.92 Å². The van der Waals surface area contributed by atoms with Crippen LogP contribution in [0.2, 0.25) is 0 Å². The summed E-state index contributed by atoms with van der Waals surface area (Å²) in [5.41, 5.74) is 6.99. The van der Waals surface area contributed by atoms with Gasteiger partial charge in [0.25, 0.3) is 5.91 Å². The van der Waals surface area contributed by atoms with Crippen LogP contribution in [0.15, 0.2) is 92.6 Å². The second kappa shape index (κ2) is 13.1. The molecule has 4 rings (SSSR count). The van der Waals surface area contributed by atoms with Crippen LogP contribution < -0.4 is 10.2 Å². The lowest BCUT2D eigenvalue weighted by atomic mass is 10.2. The number of thioether (sulfide) groups is 2. The van der Waals surface area contributed by atoms with E-state index in [9.17, 15) is 4.79 Å². The fourth-order valence-corrected chi connectivity index (χ4v) is 5.68. The van der Waals surface area contributed by atoms with Crippen molar-refractivity contribution >= 4 is 47.0 Å². The molecule has 0 aliphatic carbocycles. The van der Waals surface area contributed by atoms with Gasteiger partial charge in [0.15, 0.2) is 8.68 Å². The molecule has 0 aliphatic rings. The largest absolute Gasteiger partial charge is 0.489 e. The molecule has 0 radical (unpaired) electrons. The Balaban J connectivity index is 1.18. The fraction of sp³-hybridized carbons (Fsp3) is 0.154. The van der Waals surface area contributed by atoms with E-state index < -0.39 is 0 Å². The monoisotopic (exact) mass is 520 g/mol. The highest BCUT2D eigenvalue weighted by molar-refractivity contribution is 8.03. The number of hydrazone groups is 1. The molecule has 3 aromatic carbocycles. The van der Waals surface area contributed by atoms with Crippen molar-refractivity contribution in [2.45, 2.75) is 28.0 Å². The molecule has 178 valence electrons. The summed E-state index contributed by atoms with van der Waals surface area (Å²) in [4.78, 5) is 12.2. The molecule has 4 aromatic rings. The summed E-state index contributed by atoms with van der Waals surface area (Å²) in [7, 11) is 0. The highest BCUT2D eigenvalue weighted by Gasteiger charge is 2.09. The lowest BCUT2D eigenvalue weighted by molar-refractivity contribution is -0.118. The van der Waals surface area contributed by atoms with Crippen LogP contribution in [-0.4, -0.2) is 28.1 Å². The summed E-state index contributed by atoms with van der Waals surface area (Å²) in [6.07, 6.45) is 1.60. The maximum Gasteiger partial charge on any atom is 0.250 e. The summed E-state index contributed by atoms with van der Waals surface area (Å²) >= 11 is 4.49. The highest BCUT2D eigenvalue weighted by atomic mass is 32.2. The van der Waals surface area contributed by atoms with Gasteiger partial charge in [0.2, 0.25) is 0 Å². The van der Waals surface area contributed by atoms with Crippen molar-refractivity contribution in [3.05, 3.63) is 101 Å². The minimum atomic E-state index is -0.202. The number of rotatable bonds is 11. The Hall–Kier alpha value is -3.14. The van der Waals surface area contributed by atoms with E-state index in [1.807, 2.05) is 54.6 Å². The fourth-order valence-electron chi connectivity index (χ4n) is 2.91. The third-order valence-electron chi connectivity index (χ3n) is 4.71. The average molecular weight is 521 g/mol. The van der Waals surface area contributed by atoms with Gasteiger partial charge in [-0.2, -0.15) is 5.10 Å². The Morgan fingerprint density at radius 1 is 0.971 bits per heavy atom. The van der Waals surface area contributed by atoms with Gasteiger partial charge in [0.05, 0.1) is 12.0 Å². The van der Waals surface area contributed by atoms with E-state index in [4.69, 9.17) is 4.74 Å². The molecule has 0 fully saturated rings. The smallest absolute Gasteiger partial charge is 0.250 e. The quantitative estimate of drug-likeness (QED) is 0.149. The Kier molecular flexibility index (Phi) is 9.33. The number of nitrogens with zero attached hydrogens (tertiary/aromatic N) is 3. The van der Waals surface area contributed by atoms with E-state index in [0.717, 1.165) is 31.3 Å². The third-order valence-corrected chi connectivity index (χ3v) is 7.97. The average Bonchev–Trinajstić information content (AvgIpc) is 3.35. The van der Waals surface area contributed by atoms with E-state index in [0.29, 0.717) is 6.61 Å². The molecule has 0 saturated heterocycles. The van der Waals surface area contributed by atoms with Crippen molar-refractivity contribution in [3.63, 3.8) is 0 Å². The molecule has 35 heavy (non-hydrogen) atoms. The molecule has 1 aromatic heterocycles. The number of carbonyl (C=O) groups excluding carboxylic acids is 1. The van der Waals surface area contributed by atoms with Crippen molar-refractivity contribution in [1.82, 2.24) is 15.6 Å². The molecule has 0 atom stereocenters. The third kappa shape index (κ3) is 8.54. The van der Waals surface area contributed by atoms with Gasteiger partial charge in [-0.1, -0.05) is 107 Å². The molecule has 0 saturated carbocycles. The first-order valence-corrected chi connectivity index (χ1v) is 13.7. The van der Waals surface area contributed by atoms with E-state index in [-0.39, 0.29) is 11.7 Å². The number of benzene rings is 3. The first-order valence-electron chi connectivity index (χ1n) is 10.9. The van der Waals surface area contributed by atoms with Crippen molar-refractivity contribution < 1.29 is 9.53 Å². The number of aryl methyl sites for hydroxylation is 1. The summed E-state index contributed by atoms with van der Waals surface area (Å²) in [5, 5.41) is 12.4. The molecule has 0 spiro atoms. The van der Waals surface area contributed by atoms with E-state index in [1.165, 1.54) is 34.2 Å². The first-order chi connectivity index (χ1) is 17.1. The maximum atomic E-state index is 12.2. The van der Waals surface area contributed by atoms with Crippen LogP contribution in [0.25, 0.3) is 0 Å². The zero-order valence-corrected chi connectivity index (χ0v) is 21.5. The molecule has 9 heteroatoms. The number of amides is 1. The van der Waals surface area contributed by atoms with Gasteiger partial charge in [-0.3, -0.25) is 4.79 Å². The number of nitrogens with one attached hydrogen (secondary N) is 1. The van der Waals surface area contributed by atoms with Crippen LogP contribution in [0.5, 0.6) is 5.75 Å². The van der Waals surface area contributed by atoms with Crippen molar-refractivity contribution in [2.75, 3.05) is 5.75 Å². The van der Waals surface area contributed by atoms with Gasteiger partial charge in [-0.15, -0.1) is 10.2 Å². The van der Waals surface area contributed by atoms with Crippen molar-refractivity contribution in [1.29, 1.82) is 0 Å². The summed E-state index contributed by atoms with van der Waals surface area (Å²) in [6.45, 7) is 2.57. The van der Waals surface area contributed by atoms with Gasteiger partial charge < -0.3 is 4.74 Å². The molecule has 6 nitrogen and oxygen atoms in total. The summed E-state index contributed by atoms with van der Waals surface area (Å²) < 4.78 is 7.48. The van der Waals surface area contributed by atoms with Crippen LogP contribution in [0.4, 0.5) is 0 Å². The van der Waals surface area contributed by atoms with Gasteiger partial charge in [-0.25, -0.2) is 5.43 Å². The van der Waals surface area contributed by atoms with E-state index in [1.54, 1.807) is 18.0 Å². The summed E-state index contributed by atoms with van der Waals surface area (Å²) in [6, 6.07) is 26.0. The minimum Gasteiger partial charge on any atom is -0.489 e. The zero-order valence-electron chi connectivity index (χ0n) is 19.1. The zero-order chi connectivity index (χ0) is 24.3. The minimum absolute atomic E-state index is 0.202. The molecule has 0 aliphatic heterocycles. The number of aromatic nitrogens is 2. The van der Waals surface area contributed by atoms with Crippen LogP contribution in [0.3, 0.4) is 0 Å². The van der Waals surface area contributed by atoms with Crippen LogP contribution >= 0.6 is 34.9 Å². The van der Waals surface area contributed by atoms with Crippen LogP contribution in [-0.2, 0) is 17.2 Å². The molecule has 1 N–H and O–H groups in total. The van der Waals surface area contributed by atoms with Crippen LogP contribution in [0.1, 0.15) is 22.3 Å². The van der Waals surface area contributed by atoms with Gasteiger partial charge >= 0.3 is 0 Å². The van der Waals surface area contributed by atoms with Gasteiger partial charge in [-0.05, 0) is 35.7 Å². The Bertz CT molecular complexity index is 1260. The lowest BCUT2D eigenvalue weighted by Crippen LogP contribution is -2.19. The number of ether oxygens (including phenoxy) is 1. The molecule has 0 unspecified atom stereocenters. The SMILES string of the molecule is Cc1ccc(CSc2nnc(SCC(=O)N/N=C\c3cccc(OCc4ccccc4)c3)s2)cc1. The molecule has 1 amide bonds. The highest BCUT2D eigenvalue weighted by Crippen LogP contribution is 2.30. The standard InChI is InChI=1S/C26H24N4O2S3/c1-19-10-12-21(13-11-19)17-33-25-29-30-26(35-25)34-18-24(31)28-27-15-22-8-5-9-23(14-22)32-16-20-6-3-2-4-7-20/h2-15H,16-18H2,1H3,(H,28,31)/b27-15-. The summed E-state index contributed by atoms with van der Waals surface area (Å²) in [5.74, 6) is 1.60. The van der Waals surface area contributed by atoms with Gasteiger partial charge in [0, 0.05) is 5.75 Å². The lowest BCUT2D eigenvalue weighted by Gasteiger charge is -2.06. The first kappa shape index (κ1) is 25.0. The second-order valence-electron chi connectivity index (χ2n) is 7.54. The number of hydrogen-bond donors (Lipinski definition) is 1.